The zero-order chi connectivity index (χ0) is 9.68. The molecule has 68 valence electrons. The molecule has 0 saturated carbocycles. The van der Waals surface area contributed by atoms with Gasteiger partial charge >= 0.3 is 0 Å². The second kappa shape index (κ2) is 4.54. The van der Waals surface area contributed by atoms with Crippen LogP contribution in [0, 0.1) is 11.8 Å². The standard InChI is InChI=1S/C11H14N2/c1-13(2)9-3-4-10-5-7-11(12)8-6-10/h5-8H,9,12H2,1-2H3. The summed E-state index contributed by atoms with van der Waals surface area (Å²) in [4.78, 5) is 2.03. The summed E-state index contributed by atoms with van der Waals surface area (Å²) in [7, 11) is 4.00. The van der Waals surface area contributed by atoms with Crippen molar-refractivity contribution in [2.24, 2.45) is 0 Å². The van der Waals surface area contributed by atoms with Gasteiger partial charge in [-0.15, -0.1) is 0 Å². The highest BCUT2D eigenvalue weighted by Gasteiger charge is 1.86. The van der Waals surface area contributed by atoms with E-state index in [2.05, 4.69) is 11.8 Å². The van der Waals surface area contributed by atoms with Gasteiger partial charge in [-0.3, -0.25) is 4.90 Å². The Morgan fingerprint density at radius 1 is 1.23 bits per heavy atom. The number of hydrogen-bond donors (Lipinski definition) is 1. The largest absolute Gasteiger partial charge is 0.399 e. The van der Waals surface area contributed by atoms with E-state index < -0.39 is 0 Å². The fourth-order valence-electron chi connectivity index (χ4n) is 0.866. The van der Waals surface area contributed by atoms with E-state index >= 15 is 0 Å². The average molecular weight is 174 g/mol. The molecule has 0 bridgehead atoms. The second-order valence-electron chi connectivity index (χ2n) is 3.16. The van der Waals surface area contributed by atoms with E-state index in [0.29, 0.717) is 0 Å². The maximum atomic E-state index is 5.55. The predicted octanol–water partition coefficient (Wildman–Crippen LogP) is 1.18. The normalized spacial score (nSPS) is 9.46. The monoisotopic (exact) mass is 174 g/mol. The molecular formula is C11H14N2. The van der Waals surface area contributed by atoms with Crippen LogP contribution in [0.3, 0.4) is 0 Å². The SMILES string of the molecule is CN(C)CC#Cc1ccc(N)cc1. The molecule has 0 saturated heterocycles. The van der Waals surface area contributed by atoms with Crippen molar-refractivity contribution in [2.75, 3.05) is 26.4 Å². The second-order valence-corrected chi connectivity index (χ2v) is 3.16. The zero-order valence-corrected chi connectivity index (χ0v) is 8.04. The summed E-state index contributed by atoms with van der Waals surface area (Å²) in [5.74, 6) is 6.11. The van der Waals surface area contributed by atoms with Crippen LogP contribution in [0.2, 0.25) is 0 Å². The van der Waals surface area contributed by atoms with E-state index in [1.165, 1.54) is 0 Å². The van der Waals surface area contributed by atoms with Crippen LogP contribution in [0.4, 0.5) is 5.69 Å². The minimum atomic E-state index is 0.776. The highest BCUT2D eigenvalue weighted by Crippen LogP contribution is 2.03. The first kappa shape index (κ1) is 9.63. The van der Waals surface area contributed by atoms with Crippen molar-refractivity contribution in [1.82, 2.24) is 4.90 Å². The molecule has 2 heteroatoms. The molecular weight excluding hydrogens is 160 g/mol. The summed E-state index contributed by atoms with van der Waals surface area (Å²) in [6, 6.07) is 7.58. The number of nitrogen functional groups attached to an aromatic ring is 1. The van der Waals surface area contributed by atoms with Crippen molar-refractivity contribution >= 4 is 5.69 Å². The molecule has 0 aromatic heterocycles. The Bertz CT molecular complexity index is 314. The molecule has 1 aromatic carbocycles. The van der Waals surface area contributed by atoms with Crippen LogP contribution >= 0.6 is 0 Å². The Balaban J connectivity index is 2.62. The molecule has 0 fully saturated rings. The molecule has 0 aliphatic carbocycles. The number of rotatable bonds is 1. The molecule has 0 aliphatic rings. The Morgan fingerprint density at radius 3 is 2.38 bits per heavy atom. The van der Waals surface area contributed by atoms with Gasteiger partial charge in [-0.25, -0.2) is 0 Å². The van der Waals surface area contributed by atoms with Crippen LogP contribution in [-0.2, 0) is 0 Å². The lowest BCUT2D eigenvalue weighted by molar-refractivity contribution is 0.464. The third-order valence-electron chi connectivity index (χ3n) is 1.54. The highest BCUT2D eigenvalue weighted by molar-refractivity contribution is 5.44. The third-order valence-corrected chi connectivity index (χ3v) is 1.54. The van der Waals surface area contributed by atoms with Gasteiger partial charge in [-0.2, -0.15) is 0 Å². The Morgan fingerprint density at radius 2 is 1.85 bits per heavy atom. The first-order chi connectivity index (χ1) is 6.18. The van der Waals surface area contributed by atoms with Crippen LogP contribution in [0.5, 0.6) is 0 Å². The van der Waals surface area contributed by atoms with Gasteiger partial charge in [-0.05, 0) is 38.4 Å². The minimum Gasteiger partial charge on any atom is -0.399 e. The maximum absolute atomic E-state index is 5.55. The molecule has 0 spiro atoms. The summed E-state index contributed by atoms with van der Waals surface area (Å²) >= 11 is 0. The molecule has 0 atom stereocenters. The van der Waals surface area contributed by atoms with Crippen molar-refractivity contribution in [3.05, 3.63) is 29.8 Å². The summed E-state index contributed by atoms with van der Waals surface area (Å²) in [6.45, 7) is 0.782. The smallest absolute Gasteiger partial charge is 0.0600 e. The summed E-state index contributed by atoms with van der Waals surface area (Å²) < 4.78 is 0. The lowest BCUT2D eigenvalue weighted by Crippen LogP contribution is -2.10. The van der Waals surface area contributed by atoms with Crippen LogP contribution in [0.25, 0.3) is 0 Å². The lowest BCUT2D eigenvalue weighted by Gasteiger charge is -2.00. The van der Waals surface area contributed by atoms with Gasteiger partial charge in [0.15, 0.2) is 0 Å². The Hall–Kier alpha value is -1.46. The molecule has 0 amide bonds. The van der Waals surface area contributed by atoms with Crippen molar-refractivity contribution in [2.45, 2.75) is 0 Å². The molecule has 0 radical (unpaired) electrons. The average Bonchev–Trinajstić information content (AvgIpc) is 2.08. The van der Waals surface area contributed by atoms with Crippen LogP contribution < -0.4 is 5.73 Å². The number of nitrogens with zero attached hydrogens (tertiary/aromatic N) is 1. The Labute approximate surface area is 79.4 Å². The van der Waals surface area contributed by atoms with Crippen molar-refractivity contribution in [3.8, 4) is 11.8 Å². The van der Waals surface area contributed by atoms with Gasteiger partial charge in [0.05, 0.1) is 6.54 Å². The number of nitrogens with two attached hydrogens (primary N) is 1. The Kier molecular flexibility index (Phi) is 3.36. The topological polar surface area (TPSA) is 29.3 Å². The van der Waals surface area contributed by atoms with E-state index in [9.17, 15) is 0 Å². The molecule has 1 aromatic rings. The highest BCUT2D eigenvalue weighted by atomic mass is 15.0. The van der Waals surface area contributed by atoms with E-state index in [1.807, 2.05) is 43.3 Å². The van der Waals surface area contributed by atoms with Gasteiger partial charge < -0.3 is 5.73 Å². The fraction of sp³-hybridized carbons (Fsp3) is 0.273. The molecule has 1 rings (SSSR count). The molecule has 13 heavy (non-hydrogen) atoms. The van der Waals surface area contributed by atoms with E-state index in [-0.39, 0.29) is 0 Å². The van der Waals surface area contributed by atoms with Gasteiger partial charge in [-0.1, -0.05) is 11.8 Å². The maximum Gasteiger partial charge on any atom is 0.0600 e. The van der Waals surface area contributed by atoms with E-state index in [4.69, 9.17) is 5.73 Å². The number of hydrogen-bond acceptors (Lipinski definition) is 2. The molecule has 0 unspecified atom stereocenters. The third kappa shape index (κ3) is 3.64. The molecule has 0 aliphatic heterocycles. The first-order valence-electron chi connectivity index (χ1n) is 4.17. The predicted molar refractivity (Wildman–Crippen MR) is 56.3 cm³/mol. The van der Waals surface area contributed by atoms with Crippen molar-refractivity contribution < 1.29 is 0 Å². The number of benzene rings is 1. The van der Waals surface area contributed by atoms with E-state index in [0.717, 1.165) is 17.8 Å². The van der Waals surface area contributed by atoms with Crippen molar-refractivity contribution in [1.29, 1.82) is 0 Å². The fourth-order valence-corrected chi connectivity index (χ4v) is 0.866. The van der Waals surface area contributed by atoms with Crippen molar-refractivity contribution in [3.63, 3.8) is 0 Å². The molecule has 2 nitrogen and oxygen atoms in total. The molecule has 2 N–H and O–H groups in total. The van der Waals surface area contributed by atoms with E-state index in [1.54, 1.807) is 0 Å². The van der Waals surface area contributed by atoms with Gasteiger partial charge in [0.2, 0.25) is 0 Å². The lowest BCUT2D eigenvalue weighted by atomic mass is 10.2. The van der Waals surface area contributed by atoms with Crippen LogP contribution in [-0.4, -0.2) is 25.5 Å². The van der Waals surface area contributed by atoms with Gasteiger partial charge in [0.1, 0.15) is 0 Å². The zero-order valence-electron chi connectivity index (χ0n) is 8.04. The summed E-state index contributed by atoms with van der Waals surface area (Å²) in [5, 5.41) is 0. The van der Waals surface area contributed by atoms with Gasteiger partial charge in [0, 0.05) is 11.3 Å². The summed E-state index contributed by atoms with van der Waals surface area (Å²) in [6.07, 6.45) is 0. The minimum absolute atomic E-state index is 0.776. The summed E-state index contributed by atoms with van der Waals surface area (Å²) in [5.41, 5.74) is 7.33. The van der Waals surface area contributed by atoms with Crippen LogP contribution in [0.1, 0.15) is 5.56 Å². The number of anilines is 1. The molecule has 0 heterocycles. The quantitative estimate of drug-likeness (QED) is 0.511. The van der Waals surface area contributed by atoms with Gasteiger partial charge in [0.25, 0.3) is 0 Å². The van der Waals surface area contributed by atoms with Crippen LogP contribution in [0.15, 0.2) is 24.3 Å². The first-order valence-corrected chi connectivity index (χ1v) is 4.17.